The number of aromatic amines is 1. The van der Waals surface area contributed by atoms with Crippen molar-refractivity contribution in [3.8, 4) is 11.3 Å². The second-order valence-corrected chi connectivity index (χ2v) is 4.26. The van der Waals surface area contributed by atoms with Crippen LogP contribution in [0, 0.1) is 12.7 Å². The second-order valence-electron chi connectivity index (χ2n) is 4.26. The summed E-state index contributed by atoms with van der Waals surface area (Å²) in [5.41, 5.74) is 9.40. The number of aryl methyl sites for hydroxylation is 1. The highest BCUT2D eigenvalue weighted by Gasteiger charge is 2.14. The van der Waals surface area contributed by atoms with Gasteiger partial charge in [-0.25, -0.2) is 4.39 Å². The third-order valence-corrected chi connectivity index (χ3v) is 3.00. The SMILES string of the molecule is Cc1[nH]c2cccc(F)c2c1-c1ccc(N)cn1. The molecule has 3 N–H and O–H groups in total. The zero-order valence-electron chi connectivity index (χ0n) is 9.87. The average Bonchev–Trinajstić information content (AvgIpc) is 2.68. The van der Waals surface area contributed by atoms with E-state index in [1.807, 2.05) is 13.0 Å². The Labute approximate surface area is 103 Å². The van der Waals surface area contributed by atoms with Gasteiger partial charge in [-0.3, -0.25) is 4.98 Å². The molecule has 4 heteroatoms. The molecule has 18 heavy (non-hydrogen) atoms. The molecule has 0 radical (unpaired) electrons. The van der Waals surface area contributed by atoms with Crippen LogP contribution in [-0.2, 0) is 0 Å². The summed E-state index contributed by atoms with van der Waals surface area (Å²) >= 11 is 0. The van der Waals surface area contributed by atoms with Gasteiger partial charge in [-0.05, 0) is 31.2 Å². The number of pyridine rings is 1. The van der Waals surface area contributed by atoms with Gasteiger partial charge in [0, 0.05) is 22.2 Å². The summed E-state index contributed by atoms with van der Waals surface area (Å²) in [5, 5.41) is 0.576. The van der Waals surface area contributed by atoms with E-state index in [1.165, 1.54) is 6.07 Å². The number of nitrogens with zero attached hydrogens (tertiary/aromatic N) is 1. The van der Waals surface area contributed by atoms with Crippen molar-refractivity contribution < 1.29 is 4.39 Å². The topological polar surface area (TPSA) is 54.7 Å². The predicted molar refractivity (Wildman–Crippen MR) is 70.6 cm³/mol. The molecule has 2 aromatic heterocycles. The van der Waals surface area contributed by atoms with Gasteiger partial charge < -0.3 is 10.7 Å². The summed E-state index contributed by atoms with van der Waals surface area (Å²) in [6.45, 7) is 1.91. The Morgan fingerprint density at radius 2 is 2.06 bits per heavy atom. The van der Waals surface area contributed by atoms with Crippen LogP contribution >= 0.6 is 0 Å². The van der Waals surface area contributed by atoms with Crippen molar-refractivity contribution in [2.24, 2.45) is 0 Å². The largest absolute Gasteiger partial charge is 0.397 e. The number of rotatable bonds is 1. The highest BCUT2D eigenvalue weighted by atomic mass is 19.1. The number of halogens is 1. The lowest BCUT2D eigenvalue weighted by Crippen LogP contribution is -1.89. The highest BCUT2D eigenvalue weighted by Crippen LogP contribution is 2.32. The van der Waals surface area contributed by atoms with E-state index in [0.29, 0.717) is 11.1 Å². The monoisotopic (exact) mass is 241 g/mol. The zero-order chi connectivity index (χ0) is 12.7. The van der Waals surface area contributed by atoms with Gasteiger partial charge in [0.1, 0.15) is 5.82 Å². The first kappa shape index (κ1) is 10.8. The molecule has 0 fully saturated rings. The lowest BCUT2D eigenvalue weighted by Gasteiger charge is -2.02. The molecule has 0 atom stereocenters. The Morgan fingerprint density at radius 3 is 2.78 bits per heavy atom. The molecule has 0 amide bonds. The second kappa shape index (κ2) is 3.84. The molecule has 0 saturated carbocycles. The van der Waals surface area contributed by atoms with Crippen LogP contribution in [0.4, 0.5) is 10.1 Å². The van der Waals surface area contributed by atoms with E-state index in [0.717, 1.165) is 22.5 Å². The molecule has 3 nitrogen and oxygen atoms in total. The maximum absolute atomic E-state index is 14.0. The fraction of sp³-hybridized carbons (Fsp3) is 0.0714. The minimum Gasteiger partial charge on any atom is -0.397 e. The van der Waals surface area contributed by atoms with E-state index in [4.69, 9.17) is 5.73 Å². The molecule has 0 unspecified atom stereocenters. The quantitative estimate of drug-likeness (QED) is 0.687. The van der Waals surface area contributed by atoms with Gasteiger partial charge in [0.25, 0.3) is 0 Å². The van der Waals surface area contributed by atoms with E-state index in [2.05, 4.69) is 9.97 Å². The normalized spacial score (nSPS) is 11.0. The number of anilines is 1. The van der Waals surface area contributed by atoms with Gasteiger partial charge in [0.05, 0.1) is 17.6 Å². The Bertz CT molecular complexity index is 714. The number of nitrogen functional groups attached to an aromatic ring is 1. The lowest BCUT2D eigenvalue weighted by atomic mass is 10.1. The summed E-state index contributed by atoms with van der Waals surface area (Å²) in [6.07, 6.45) is 1.58. The van der Waals surface area contributed by atoms with Crippen molar-refractivity contribution in [3.63, 3.8) is 0 Å². The zero-order valence-corrected chi connectivity index (χ0v) is 9.87. The molecule has 3 aromatic rings. The lowest BCUT2D eigenvalue weighted by molar-refractivity contribution is 0.640. The number of fused-ring (bicyclic) bond motifs is 1. The van der Waals surface area contributed by atoms with E-state index >= 15 is 0 Å². The van der Waals surface area contributed by atoms with Gasteiger partial charge in [-0.1, -0.05) is 6.07 Å². The van der Waals surface area contributed by atoms with E-state index < -0.39 is 0 Å². The summed E-state index contributed by atoms with van der Waals surface area (Å²) in [7, 11) is 0. The van der Waals surface area contributed by atoms with E-state index in [-0.39, 0.29) is 5.82 Å². The molecular weight excluding hydrogens is 229 g/mol. The molecule has 90 valence electrons. The third-order valence-electron chi connectivity index (χ3n) is 3.00. The van der Waals surface area contributed by atoms with Crippen LogP contribution in [0.1, 0.15) is 5.69 Å². The van der Waals surface area contributed by atoms with Crippen LogP contribution < -0.4 is 5.73 Å². The van der Waals surface area contributed by atoms with Crippen LogP contribution in [0.5, 0.6) is 0 Å². The Morgan fingerprint density at radius 1 is 1.22 bits per heavy atom. The minimum absolute atomic E-state index is 0.245. The maximum Gasteiger partial charge on any atom is 0.133 e. The van der Waals surface area contributed by atoms with Gasteiger partial charge in [-0.15, -0.1) is 0 Å². The molecule has 0 bridgehead atoms. The van der Waals surface area contributed by atoms with Crippen molar-refractivity contribution in [1.82, 2.24) is 9.97 Å². The van der Waals surface area contributed by atoms with Crippen LogP contribution in [0.15, 0.2) is 36.5 Å². The summed E-state index contributed by atoms with van der Waals surface area (Å²) in [5.74, 6) is -0.245. The standard InChI is InChI=1S/C14H12FN3/c1-8-13(11-6-5-9(16)7-17-11)14-10(15)3-2-4-12(14)18-8/h2-7,18H,16H2,1H3. The first-order valence-electron chi connectivity index (χ1n) is 5.65. The number of hydrogen-bond donors (Lipinski definition) is 2. The molecule has 0 aliphatic carbocycles. The number of nitrogens with two attached hydrogens (primary N) is 1. The number of benzene rings is 1. The maximum atomic E-state index is 14.0. The average molecular weight is 241 g/mol. The Hall–Kier alpha value is -2.36. The van der Waals surface area contributed by atoms with E-state index in [1.54, 1.807) is 24.4 Å². The molecular formula is C14H12FN3. The molecule has 0 saturated heterocycles. The Kier molecular flexibility index (Phi) is 2.30. The predicted octanol–water partition coefficient (Wildman–Crippen LogP) is 3.26. The van der Waals surface area contributed by atoms with Gasteiger partial charge >= 0.3 is 0 Å². The van der Waals surface area contributed by atoms with Crippen molar-refractivity contribution in [3.05, 3.63) is 48.0 Å². The van der Waals surface area contributed by atoms with Crippen molar-refractivity contribution in [2.75, 3.05) is 5.73 Å². The number of hydrogen-bond acceptors (Lipinski definition) is 2. The fourth-order valence-electron chi connectivity index (χ4n) is 2.21. The van der Waals surface area contributed by atoms with Crippen molar-refractivity contribution in [1.29, 1.82) is 0 Å². The van der Waals surface area contributed by atoms with Gasteiger partial charge in [0.2, 0.25) is 0 Å². The van der Waals surface area contributed by atoms with Gasteiger partial charge in [-0.2, -0.15) is 0 Å². The molecule has 0 aliphatic rings. The number of H-pyrrole nitrogens is 1. The smallest absolute Gasteiger partial charge is 0.133 e. The fourth-order valence-corrected chi connectivity index (χ4v) is 2.21. The first-order chi connectivity index (χ1) is 8.66. The summed E-state index contributed by atoms with van der Waals surface area (Å²) in [4.78, 5) is 7.43. The summed E-state index contributed by atoms with van der Waals surface area (Å²) < 4.78 is 14.0. The molecule has 3 rings (SSSR count). The van der Waals surface area contributed by atoms with Gasteiger partial charge in [0.15, 0.2) is 0 Å². The minimum atomic E-state index is -0.245. The molecule has 2 heterocycles. The first-order valence-corrected chi connectivity index (χ1v) is 5.65. The van der Waals surface area contributed by atoms with Crippen LogP contribution in [0.2, 0.25) is 0 Å². The van der Waals surface area contributed by atoms with Crippen molar-refractivity contribution >= 4 is 16.6 Å². The summed E-state index contributed by atoms with van der Waals surface area (Å²) in [6, 6.07) is 8.56. The van der Waals surface area contributed by atoms with E-state index in [9.17, 15) is 4.39 Å². The number of nitrogens with one attached hydrogen (secondary N) is 1. The van der Waals surface area contributed by atoms with Crippen LogP contribution in [0.3, 0.4) is 0 Å². The van der Waals surface area contributed by atoms with Crippen molar-refractivity contribution in [2.45, 2.75) is 6.92 Å². The third kappa shape index (κ3) is 1.54. The molecule has 0 spiro atoms. The van der Waals surface area contributed by atoms with Crippen LogP contribution in [-0.4, -0.2) is 9.97 Å². The highest BCUT2D eigenvalue weighted by molar-refractivity contribution is 5.97. The number of aromatic nitrogens is 2. The molecule has 1 aromatic carbocycles. The van der Waals surface area contributed by atoms with Crippen LogP contribution in [0.25, 0.3) is 22.2 Å². The Balaban J connectivity index is 2.34. The molecule has 0 aliphatic heterocycles.